The molecule has 0 spiro atoms. The molecule has 0 aliphatic heterocycles. The summed E-state index contributed by atoms with van der Waals surface area (Å²) in [6.45, 7) is 9.91. The second kappa shape index (κ2) is 9.50. The van der Waals surface area contributed by atoms with Crippen LogP contribution in [0.1, 0.15) is 91.9 Å². The number of rotatable bonds is 6. The van der Waals surface area contributed by atoms with Gasteiger partial charge in [0.05, 0.1) is 0 Å². The maximum atomic E-state index is 2.73. The van der Waals surface area contributed by atoms with Crippen LogP contribution in [-0.2, 0) is 23.2 Å². The summed E-state index contributed by atoms with van der Waals surface area (Å²) in [7, 11) is 0. The minimum absolute atomic E-state index is 0. The summed E-state index contributed by atoms with van der Waals surface area (Å²) in [6.07, 6.45) is 29.8. The number of hydrogen-bond donors (Lipinski definition) is 0. The fraction of sp³-hybridized carbons (Fsp3) is 0.692. The molecule has 0 nitrogen and oxygen atoms in total. The van der Waals surface area contributed by atoms with E-state index < -0.39 is 23.2 Å². The number of halogens is 2. The van der Waals surface area contributed by atoms with Crippen molar-refractivity contribution in [2.24, 2.45) is 10.8 Å². The van der Waals surface area contributed by atoms with Crippen molar-refractivity contribution >= 4 is 0 Å². The molecule has 0 saturated heterocycles. The van der Waals surface area contributed by atoms with Crippen molar-refractivity contribution in [3.05, 3.63) is 47.6 Å². The molecule has 0 aromatic rings. The van der Waals surface area contributed by atoms with Gasteiger partial charge in [0.15, 0.2) is 0 Å². The van der Waals surface area contributed by atoms with E-state index in [9.17, 15) is 0 Å². The van der Waals surface area contributed by atoms with Gasteiger partial charge in [0.25, 0.3) is 0 Å². The summed E-state index contributed by atoms with van der Waals surface area (Å²) in [4.78, 5) is 0. The molecule has 3 heteroatoms. The van der Waals surface area contributed by atoms with E-state index in [4.69, 9.17) is 0 Å². The molecule has 4 aliphatic rings. The molecule has 2 fully saturated rings. The van der Waals surface area contributed by atoms with Gasteiger partial charge in [0.2, 0.25) is 0 Å². The summed E-state index contributed by atoms with van der Waals surface area (Å²) < 4.78 is 0.757. The average molecular weight is 513 g/mol. The van der Waals surface area contributed by atoms with Crippen LogP contribution in [0.4, 0.5) is 0 Å². The van der Waals surface area contributed by atoms with Crippen molar-refractivity contribution in [1.82, 2.24) is 0 Å². The molecule has 0 amide bonds. The molecule has 0 aromatic carbocycles. The van der Waals surface area contributed by atoms with Crippen LogP contribution in [0.15, 0.2) is 47.6 Å². The van der Waals surface area contributed by atoms with E-state index in [0.717, 1.165) is 0 Å². The van der Waals surface area contributed by atoms with Gasteiger partial charge in [-0.15, -0.1) is 0 Å². The third-order valence-corrected chi connectivity index (χ3v) is 12.5. The Morgan fingerprint density at radius 1 is 0.690 bits per heavy atom. The van der Waals surface area contributed by atoms with Crippen molar-refractivity contribution in [1.29, 1.82) is 0 Å². The summed E-state index contributed by atoms with van der Waals surface area (Å²) in [6, 6.07) is 0. The third kappa shape index (κ3) is 4.78. The molecular weight excluding hydrogens is 474 g/mol. The Hall–Kier alpha value is 0.423. The Balaban J connectivity index is 0.00000150. The Morgan fingerprint density at radius 2 is 1.03 bits per heavy atom. The molecule has 29 heavy (non-hydrogen) atoms. The third-order valence-electron chi connectivity index (χ3n) is 8.37. The Morgan fingerprint density at radius 3 is 1.34 bits per heavy atom. The first kappa shape index (κ1) is 25.7. The van der Waals surface area contributed by atoms with Crippen LogP contribution in [-0.4, -0.2) is 0 Å². The van der Waals surface area contributed by atoms with Gasteiger partial charge in [-0.1, -0.05) is 0 Å². The molecule has 2 unspecified atom stereocenters. The molecule has 0 N–H and O–H groups in total. The van der Waals surface area contributed by atoms with Gasteiger partial charge in [0, 0.05) is 0 Å². The minimum Gasteiger partial charge on any atom is -1.00 e. The summed E-state index contributed by atoms with van der Waals surface area (Å²) >= 11 is -0.686. The second-order valence-electron chi connectivity index (χ2n) is 10.2. The minimum atomic E-state index is -0.686. The zero-order valence-corrected chi connectivity index (χ0v) is 22.8. The van der Waals surface area contributed by atoms with E-state index in [-0.39, 0.29) is 24.8 Å². The molecule has 2 saturated carbocycles. The fourth-order valence-electron chi connectivity index (χ4n) is 6.56. The summed E-state index contributed by atoms with van der Waals surface area (Å²) in [5, 5.41) is 0. The summed E-state index contributed by atoms with van der Waals surface area (Å²) in [5.74, 6) is 0. The zero-order chi connectivity index (χ0) is 19.2. The molecular formula is C26H38Cl2Zr. The normalized spacial score (nSPS) is 33.7. The van der Waals surface area contributed by atoms with Gasteiger partial charge in [-0.2, -0.15) is 0 Å². The van der Waals surface area contributed by atoms with Crippen molar-refractivity contribution < 1.29 is 48.0 Å². The van der Waals surface area contributed by atoms with Crippen molar-refractivity contribution in [3.8, 4) is 0 Å². The molecule has 4 aliphatic carbocycles. The number of hydrogen-bond acceptors (Lipinski definition) is 0. The van der Waals surface area contributed by atoms with Crippen LogP contribution >= 0.6 is 0 Å². The van der Waals surface area contributed by atoms with Crippen LogP contribution in [0.3, 0.4) is 0 Å². The fourth-order valence-corrected chi connectivity index (χ4v) is 11.3. The molecule has 0 radical (unpaired) electrons. The number of allylic oxidation sites excluding steroid dienone is 8. The van der Waals surface area contributed by atoms with Crippen molar-refractivity contribution in [2.75, 3.05) is 0 Å². The van der Waals surface area contributed by atoms with Crippen molar-refractivity contribution in [3.63, 3.8) is 0 Å². The molecule has 4 rings (SSSR count). The van der Waals surface area contributed by atoms with Gasteiger partial charge < -0.3 is 24.8 Å². The topological polar surface area (TPSA) is 0 Å². The largest absolute Gasteiger partial charge is 1.00 e. The molecule has 0 aromatic heterocycles. The zero-order valence-electron chi connectivity index (χ0n) is 18.8. The molecule has 2 atom stereocenters. The van der Waals surface area contributed by atoms with E-state index in [1.54, 1.807) is 11.1 Å². The van der Waals surface area contributed by atoms with Gasteiger partial charge >= 0.3 is 180 Å². The SMILES string of the molecule is CCC1(C2=C[C](C)([Zr+2][C]3(C)C=CC(C4(CC)CCCC4)=C3)C=C2)CCCC1.[Cl-].[Cl-]. The van der Waals surface area contributed by atoms with Crippen LogP contribution in [0.25, 0.3) is 0 Å². The van der Waals surface area contributed by atoms with Gasteiger partial charge in [0.1, 0.15) is 0 Å². The quantitative estimate of drug-likeness (QED) is 0.513. The van der Waals surface area contributed by atoms with Crippen LogP contribution in [0, 0.1) is 10.8 Å². The van der Waals surface area contributed by atoms with Crippen LogP contribution in [0.5, 0.6) is 0 Å². The Bertz CT molecular complexity index is 644. The maximum absolute atomic E-state index is 2.73. The predicted octanol–water partition coefficient (Wildman–Crippen LogP) is 2.37. The first-order valence-corrected chi connectivity index (χ1v) is 14.0. The molecule has 160 valence electrons. The molecule has 0 bridgehead atoms. The van der Waals surface area contributed by atoms with E-state index >= 15 is 0 Å². The first-order chi connectivity index (χ1) is 12.9. The standard InChI is InChI=1S/2C13H19.2ClH.Zr/c2*1-3-13(8-4-5-9-13)12-7-6-11(2)10-12;;;/h2*6-7,10H,3-5,8-9H2,1-2H3;2*1H;/q;;;;+2/p-2. The van der Waals surface area contributed by atoms with Crippen LogP contribution in [0.2, 0.25) is 6.25 Å². The predicted molar refractivity (Wildman–Crippen MR) is 114 cm³/mol. The first-order valence-electron chi connectivity index (χ1n) is 11.5. The van der Waals surface area contributed by atoms with E-state index in [1.165, 1.54) is 64.2 Å². The smallest absolute Gasteiger partial charge is 1.00 e. The average Bonchev–Trinajstić information content (AvgIpc) is 3.41. The Labute approximate surface area is 203 Å². The van der Waals surface area contributed by atoms with Gasteiger partial charge in [-0.05, 0) is 0 Å². The Kier molecular flexibility index (Phi) is 8.42. The van der Waals surface area contributed by atoms with E-state index in [0.29, 0.717) is 17.1 Å². The maximum Gasteiger partial charge on any atom is -1.00 e. The molecule has 0 heterocycles. The van der Waals surface area contributed by atoms with Crippen molar-refractivity contribution in [2.45, 2.75) is 98.1 Å². The van der Waals surface area contributed by atoms with Gasteiger partial charge in [-0.25, -0.2) is 0 Å². The van der Waals surface area contributed by atoms with E-state index in [2.05, 4.69) is 64.2 Å². The second-order valence-corrected chi connectivity index (χ2v) is 16.1. The van der Waals surface area contributed by atoms with E-state index in [1.807, 2.05) is 0 Å². The summed E-state index contributed by atoms with van der Waals surface area (Å²) in [5.41, 5.74) is 4.41. The monoisotopic (exact) mass is 510 g/mol. The van der Waals surface area contributed by atoms with Gasteiger partial charge in [-0.3, -0.25) is 0 Å². The van der Waals surface area contributed by atoms with Crippen LogP contribution < -0.4 is 24.8 Å².